The molecule has 0 N–H and O–H groups in total. The molecule has 0 aromatic heterocycles. The molecular weight excluding hydrogens is 357 g/mol. The number of ether oxygens (including phenoxy) is 3. The van der Waals surface area contributed by atoms with Crippen molar-refractivity contribution in [3.8, 4) is 5.75 Å². The number of hydrogen-bond acceptors (Lipinski definition) is 3. The number of rotatable bonds is 5. The predicted molar refractivity (Wildman–Crippen MR) is 87.6 cm³/mol. The van der Waals surface area contributed by atoms with Crippen molar-refractivity contribution in [1.29, 1.82) is 0 Å². The maximum Gasteiger partial charge on any atom is 0.573 e. The second-order valence-electron chi connectivity index (χ2n) is 7.36. The van der Waals surface area contributed by atoms with E-state index in [0.29, 0.717) is 18.4 Å². The lowest BCUT2D eigenvalue weighted by atomic mass is 9.75. The van der Waals surface area contributed by atoms with E-state index in [2.05, 4.69) is 18.6 Å². The Morgan fingerprint density at radius 1 is 1.28 bits per heavy atom. The summed E-state index contributed by atoms with van der Waals surface area (Å²) in [5.74, 6) is -0.00991. The summed E-state index contributed by atoms with van der Waals surface area (Å²) in [5.41, 5.74) is -0.605. The molecule has 4 unspecified atom stereocenters. The Hall–Kier alpha value is -0.980. The fraction of sp³-hybridized carbons (Fsp3) is 0.667. The van der Waals surface area contributed by atoms with Crippen LogP contribution in [0.3, 0.4) is 0 Å². The lowest BCUT2D eigenvalue weighted by Crippen LogP contribution is -2.45. The van der Waals surface area contributed by atoms with Gasteiger partial charge in [-0.05, 0) is 25.3 Å². The van der Waals surface area contributed by atoms with Crippen molar-refractivity contribution >= 4 is 11.6 Å². The summed E-state index contributed by atoms with van der Waals surface area (Å²) < 4.78 is 53.9. The van der Waals surface area contributed by atoms with Gasteiger partial charge in [0, 0.05) is 12.0 Å². The first kappa shape index (κ1) is 18.8. The van der Waals surface area contributed by atoms with E-state index >= 15 is 0 Å². The van der Waals surface area contributed by atoms with Crippen molar-refractivity contribution in [2.24, 2.45) is 5.92 Å². The lowest BCUT2D eigenvalue weighted by Gasteiger charge is -2.35. The second kappa shape index (κ2) is 6.32. The summed E-state index contributed by atoms with van der Waals surface area (Å²) in [6.07, 6.45) is -3.65. The maximum atomic E-state index is 12.5. The van der Waals surface area contributed by atoms with E-state index in [-0.39, 0.29) is 29.8 Å². The molecule has 140 valence electrons. The average molecular weight is 379 g/mol. The highest BCUT2D eigenvalue weighted by atomic mass is 35.5. The van der Waals surface area contributed by atoms with Gasteiger partial charge in [0.15, 0.2) is 0 Å². The molecule has 2 aliphatic rings. The second-order valence-corrected chi connectivity index (χ2v) is 7.88. The van der Waals surface area contributed by atoms with Crippen LogP contribution in [0.1, 0.15) is 39.2 Å². The van der Waals surface area contributed by atoms with Gasteiger partial charge in [-0.2, -0.15) is 0 Å². The summed E-state index contributed by atoms with van der Waals surface area (Å²) in [6.45, 7) is 6.12. The minimum absolute atomic E-state index is 0.0248. The third-order valence-electron chi connectivity index (χ3n) is 5.34. The van der Waals surface area contributed by atoms with Gasteiger partial charge in [0.05, 0.1) is 29.3 Å². The Kier molecular flexibility index (Phi) is 4.75. The summed E-state index contributed by atoms with van der Waals surface area (Å²) in [4.78, 5) is 0. The molecule has 0 radical (unpaired) electrons. The van der Waals surface area contributed by atoms with E-state index in [9.17, 15) is 13.2 Å². The van der Waals surface area contributed by atoms with Gasteiger partial charge in [0.25, 0.3) is 0 Å². The summed E-state index contributed by atoms with van der Waals surface area (Å²) >= 11 is 6.50. The first-order valence-electron chi connectivity index (χ1n) is 8.35. The zero-order valence-electron chi connectivity index (χ0n) is 14.4. The van der Waals surface area contributed by atoms with Crippen LogP contribution >= 0.6 is 11.6 Å². The predicted octanol–water partition coefficient (Wildman–Crippen LogP) is 5.06. The van der Waals surface area contributed by atoms with Gasteiger partial charge in [-0.1, -0.05) is 32.0 Å². The van der Waals surface area contributed by atoms with Gasteiger partial charge in [0.1, 0.15) is 5.75 Å². The van der Waals surface area contributed by atoms with Gasteiger partial charge in [0.2, 0.25) is 0 Å². The zero-order chi connectivity index (χ0) is 18.5. The number of alkyl halides is 4. The average Bonchev–Trinajstić information content (AvgIpc) is 2.93. The number of hydrogen-bond donors (Lipinski definition) is 0. The molecular formula is C18H22ClF3O3. The third-order valence-corrected chi connectivity index (χ3v) is 5.86. The van der Waals surface area contributed by atoms with Gasteiger partial charge in [-0.25, -0.2) is 0 Å². The van der Waals surface area contributed by atoms with Crippen LogP contribution in [0.5, 0.6) is 5.75 Å². The Bertz CT molecular complexity index is 636. The molecule has 25 heavy (non-hydrogen) atoms. The number of halogens is 4. The van der Waals surface area contributed by atoms with Crippen LogP contribution in [-0.2, 0) is 16.1 Å². The molecule has 3 rings (SSSR count). The van der Waals surface area contributed by atoms with Crippen LogP contribution < -0.4 is 4.74 Å². The van der Waals surface area contributed by atoms with E-state index in [0.717, 1.165) is 0 Å². The highest BCUT2D eigenvalue weighted by molar-refractivity contribution is 6.21. The van der Waals surface area contributed by atoms with Crippen LogP contribution in [0.25, 0.3) is 0 Å². The fourth-order valence-electron chi connectivity index (χ4n) is 3.93. The SMILES string of the molecule is CC(C)C12CC(OCc3ccccc3OC(F)(F)F)C(C)(CC1Cl)O2. The van der Waals surface area contributed by atoms with E-state index in [1.165, 1.54) is 12.1 Å². The smallest absolute Gasteiger partial charge is 0.405 e. The number of fused-ring (bicyclic) bond motifs is 2. The van der Waals surface area contributed by atoms with Crippen LogP contribution in [-0.4, -0.2) is 29.0 Å². The molecule has 2 aliphatic heterocycles. The molecule has 0 amide bonds. The van der Waals surface area contributed by atoms with Gasteiger partial charge in [-0.3, -0.25) is 0 Å². The first-order chi connectivity index (χ1) is 11.6. The van der Waals surface area contributed by atoms with Crippen molar-refractivity contribution in [3.63, 3.8) is 0 Å². The highest BCUT2D eigenvalue weighted by Gasteiger charge is 2.65. The van der Waals surface area contributed by atoms with Crippen LogP contribution in [0.15, 0.2) is 24.3 Å². The molecule has 0 spiro atoms. The van der Waals surface area contributed by atoms with Crippen molar-refractivity contribution < 1.29 is 27.4 Å². The van der Waals surface area contributed by atoms with Crippen molar-refractivity contribution in [2.45, 2.75) is 69.3 Å². The summed E-state index contributed by atoms with van der Waals surface area (Å²) in [7, 11) is 0. The molecule has 7 heteroatoms. The molecule has 2 fully saturated rings. The van der Waals surface area contributed by atoms with E-state index in [1.807, 2.05) is 6.92 Å². The molecule has 0 aliphatic carbocycles. The molecule has 0 saturated carbocycles. The molecule has 3 nitrogen and oxygen atoms in total. The zero-order valence-corrected chi connectivity index (χ0v) is 15.2. The van der Waals surface area contributed by atoms with E-state index in [1.54, 1.807) is 12.1 Å². The van der Waals surface area contributed by atoms with Crippen LogP contribution in [0, 0.1) is 5.92 Å². The summed E-state index contributed by atoms with van der Waals surface area (Å²) in [5, 5.41) is -0.0850. The van der Waals surface area contributed by atoms with Crippen molar-refractivity contribution in [3.05, 3.63) is 29.8 Å². The van der Waals surface area contributed by atoms with Gasteiger partial charge in [-0.15, -0.1) is 24.8 Å². The van der Waals surface area contributed by atoms with Crippen molar-refractivity contribution in [1.82, 2.24) is 0 Å². The molecule has 1 aromatic carbocycles. The Morgan fingerprint density at radius 2 is 1.96 bits per heavy atom. The quantitative estimate of drug-likeness (QED) is 0.670. The standard InChI is InChI=1S/C18H22ClF3O3/c1-11(2)17-9-15(16(3,25-17)8-14(17)19)23-10-12-6-4-5-7-13(12)24-18(20,21)22/h4-7,11,14-15H,8-10H2,1-3H3. The topological polar surface area (TPSA) is 27.7 Å². The molecule has 2 bridgehead atoms. The highest BCUT2D eigenvalue weighted by Crippen LogP contribution is 2.57. The summed E-state index contributed by atoms with van der Waals surface area (Å²) in [6, 6.07) is 6.01. The van der Waals surface area contributed by atoms with Crippen molar-refractivity contribution in [2.75, 3.05) is 0 Å². The Balaban J connectivity index is 1.72. The monoisotopic (exact) mass is 378 g/mol. The minimum atomic E-state index is -4.73. The lowest BCUT2D eigenvalue weighted by molar-refractivity contribution is -0.275. The molecule has 4 atom stereocenters. The van der Waals surface area contributed by atoms with Gasteiger partial charge >= 0.3 is 6.36 Å². The maximum absolute atomic E-state index is 12.5. The molecule has 2 heterocycles. The molecule has 1 aromatic rings. The van der Waals surface area contributed by atoms with Crippen LogP contribution in [0.4, 0.5) is 13.2 Å². The van der Waals surface area contributed by atoms with Gasteiger partial charge < -0.3 is 14.2 Å². The Morgan fingerprint density at radius 3 is 2.56 bits per heavy atom. The van der Waals surface area contributed by atoms with Crippen LogP contribution in [0.2, 0.25) is 0 Å². The largest absolute Gasteiger partial charge is 0.573 e. The number of para-hydroxylation sites is 1. The normalized spacial score (nSPS) is 34.7. The van der Waals surface area contributed by atoms with E-state index < -0.39 is 17.6 Å². The minimum Gasteiger partial charge on any atom is -0.405 e. The Labute approximate surface area is 150 Å². The first-order valence-corrected chi connectivity index (χ1v) is 8.79. The van der Waals surface area contributed by atoms with E-state index in [4.69, 9.17) is 21.1 Å². The third kappa shape index (κ3) is 3.49. The fourth-order valence-corrected chi connectivity index (χ4v) is 4.62. The molecule has 2 saturated heterocycles. The number of benzene rings is 1.